The number of hydrogen-bond donors (Lipinski definition) is 2. The molecule has 7 heteroatoms. The molecule has 0 aliphatic carbocycles. The van der Waals surface area contributed by atoms with E-state index in [1.54, 1.807) is 13.3 Å². The summed E-state index contributed by atoms with van der Waals surface area (Å²) in [5, 5.41) is 6.17. The smallest absolute Gasteiger partial charge is 0.224 e. The van der Waals surface area contributed by atoms with Crippen molar-refractivity contribution >= 4 is 40.2 Å². The number of rotatable bonds is 8. The zero-order chi connectivity index (χ0) is 16.7. The second-order valence-corrected chi connectivity index (χ2v) is 6.70. The molecule has 2 N–H and O–H groups in total. The maximum Gasteiger partial charge on any atom is 0.224 e. The average molecular weight is 354 g/mol. The summed E-state index contributed by atoms with van der Waals surface area (Å²) in [6.45, 7) is 2.69. The van der Waals surface area contributed by atoms with Gasteiger partial charge in [-0.1, -0.05) is 24.9 Å². The summed E-state index contributed by atoms with van der Waals surface area (Å²) in [4.78, 5) is 16.9. The van der Waals surface area contributed by atoms with E-state index in [1.807, 2.05) is 18.2 Å². The van der Waals surface area contributed by atoms with E-state index in [1.165, 1.54) is 11.3 Å². The summed E-state index contributed by atoms with van der Waals surface area (Å²) in [7, 11) is 1.59. The van der Waals surface area contributed by atoms with E-state index in [0.29, 0.717) is 28.9 Å². The first-order valence-electron chi connectivity index (χ1n) is 7.44. The summed E-state index contributed by atoms with van der Waals surface area (Å²) in [5.41, 5.74) is 1.58. The third-order valence-electron chi connectivity index (χ3n) is 3.23. The molecule has 0 saturated carbocycles. The van der Waals surface area contributed by atoms with Gasteiger partial charge in [-0.3, -0.25) is 4.79 Å². The normalized spacial score (nSPS) is 10.4. The van der Waals surface area contributed by atoms with Crippen molar-refractivity contribution in [3.05, 3.63) is 33.7 Å². The molecule has 0 bridgehead atoms. The number of nitrogens with zero attached hydrogens (tertiary/aromatic N) is 1. The molecule has 1 aromatic heterocycles. The molecule has 0 aliphatic heterocycles. The molecule has 5 nitrogen and oxygen atoms in total. The summed E-state index contributed by atoms with van der Waals surface area (Å²) in [6, 6.07) is 5.60. The maximum absolute atomic E-state index is 11.8. The predicted molar refractivity (Wildman–Crippen MR) is 95.6 cm³/mol. The number of carbonyl (C=O) groups excluding carboxylic acids is 1. The highest BCUT2D eigenvalue weighted by Gasteiger charge is 2.08. The summed E-state index contributed by atoms with van der Waals surface area (Å²) >= 11 is 7.25. The number of benzene rings is 1. The minimum atomic E-state index is 0.00478. The van der Waals surface area contributed by atoms with Crippen LogP contribution >= 0.6 is 22.9 Å². The van der Waals surface area contributed by atoms with Crippen LogP contribution in [0.25, 0.3) is 0 Å². The fourth-order valence-electron chi connectivity index (χ4n) is 2.01. The molecule has 124 valence electrons. The summed E-state index contributed by atoms with van der Waals surface area (Å²) in [5.74, 6) is 0.632. The average Bonchev–Trinajstić information content (AvgIpc) is 2.97. The zero-order valence-electron chi connectivity index (χ0n) is 13.2. The van der Waals surface area contributed by atoms with Crippen molar-refractivity contribution in [1.29, 1.82) is 0 Å². The number of ether oxygens (including phenoxy) is 1. The lowest BCUT2D eigenvalue weighted by molar-refractivity contribution is -0.116. The zero-order valence-corrected chi connectivity index (χ0v) is 14.8. The van der Waals surface area contributed by atoms with Crippen molar-refractivity contribution in [3.8, 4) is 5.75 Å². The number of anilines is 2. The van der Waals surface area contributed by atoms with Gasteiger partial charge in [0.05, 0.1) is 19.3 Å². The highest BCUT2D eigenvalue weighted by Crippen LogP contribution is 2.29. The van der Waals surface area contributed by atoms with Gasteiger partial charge in [0.2, 0.25) is 5.91 Å². The van der Waals surface area contributed by atoms with Crippen molar-refractivity contribution in [2.45, 2.75) is 32.7 Å². The Morgan fingerprint density at radius 2 is 2.26 bits per heavy atom. The van der Waals surface area contributed by atoms with Crippen LogP contribution in [-0.4, -0.2) is 18.0 Å². The number of nitrogens with one attached hydrogen (secondary N) is 2. The van der Waals surface area contributed by atoms with Crippen LogP contribution in [0.5, 0.6) is 5.75 Å². The van der Waals surface area contributed by atoms with Crippen LogP contribution in [0, 0.1) is 0 Å². The maximum atomic E-state index is 11.8. The van der Waals surface area contributed by atoms with E-state index in [-0.39, 0.29) is 5.91 Å². The number of carbonyl (C=O) groups is 1. The van der Waals surface area contributed by atoms with Crippen LogP contribution in [0.3, 0.4) is 0 Å². The largest absolute Gasteiger partial charge is 0.494 e. The first-order valence-corrected chi connectivity index (χ1v) is 8.63. The van der Waals surface area contributed by atoms with Crippen molar-refractivity contribution < 1.29 is 9.53 Å². The van der Waals surface area contributed by atoms with E-state index in [4.69, 9.17) is 16.3 Å². The Morgan fingerprint density at radius 3 is 2.91 bits per heavy atom. The molecule has 2 rings (SSSR count). The molecule has 0 aliphatic rings. The Labute approximate surface area is 145 Å². The minimum absolute atomic E-state index is 0.00478. The van der Waals surface area contributed by atoms with Gasteiger partial charge in [-0.15, -0.1) is 11.3 Å². The number of hydrogen-bond acceptors (Lipinski definition) is 5. The molecule has 2 aromatic rings. The van der Waals surface area contributed by atoms with Crippen LogP contribution in [0.4, 0.5) is 11.4 Å². The number of methoxy groups -OCH3 is 1. The Hall–Kier alpha value is -1.79. The van der Waals surface area contributed by atoms with Crippen molar-refractivity contribution in [2.24, 2.45) is 0 Å². The second-order valence-electron chi connectivity index (χ2n) is 5.00. The minimum Gasteiger partial charge on any atom is -0.494 e. The quantitative estimate of drug-likeness (QED) is 0.731. The number of aromatic nitrogens is 1. The van der Waals surface area contributed by atoms with Crippen LogP contribution in [0.1, 0.15) is 31.1 Å². The van der Waals surface area contributed by atoms with Gasteiger partial charge in [0.25, 0.3) is 0 Å². The Bertz CT molecular complexity index is 661. The van der Waals surface area contributed by atoms with Gasteiger partial charge >= 0.3 is 0 Å². The van der Waals surface area contributed by atoms with Crippen LogP contribution in [0.15, 0.2) is 24.4 Å². The first kappa shape index (κ1) is 17.6. The Balaban J connectivity index is 1.99. The van der Waals surface area contributed by atoms with Crippen LogP contribution < -0.4 is 15.4 Å². The van der Waals surface area contributed by atoms with Gasteiger partial charge in [-0.25, -0.2) is 4.98 Å². The third-order valence-corrected chi connectivity index (χ3v) is 4.34. The third kappa shape index (κ3) is 5.41. The van der Waals surface area contributed by atoms with E-state index in [9.17, 15) is 4.79 Å². The number of halogens is 1. The van der Waals surface area contributed by atoms with E-state index in [2.05, 4.69) is 22.5 Å². The summed E-state index contributed by atoms with van der Waals surface area (Å²) < 4.78 is 5.89. The summed E-state index contributed by atoms with van der Waals surface area (Å²) in [6.07, 6.45) is 4.14. The van der Waals surface area contributed by atoms with Crippen molar-refractivity contribution in [1.82, 2.24) is 4.98 Å². The monoisotopic (exact) mass is 353 g/mol. The second kappa shape index (κ2) is 8.74. The molecule has 0 radical (unpaired) electrons. The molecule has 0 saturated heterocycles. The Kier molecular flexibility index (Phi) is 6.67. The van der Waals surface area contributed by atoms with E-state index >= 15 is 0 Å². The topological polar surface area (TPSA) is 63.2 Å². The molecular weight excluding hydrogens is 334 g/mol. The lowest BCUT2D eigenvalue weighted by atomic mass is 10.2. The molecule has 0 fully saturated rings. The number of thiazole rings is 1. The van der Waals surface area contributed by atoms with Crippen LogP contribution in [0.2, 0.25) is 4.47 Å². The molecule has 1 amide bonds. The molecule has 1 aromatic carbocycles. The molecule has 23 heavy (non-hydrogen) atoms. The highest BCUT2D eigenvalue weighted by atomic mass is 35.5. The van der Waals surface area contributed by atoms with Gasteiger partial charge in [0.15, 0.2) is 4.47 Å². The van der Waals surface area contributed by atoms with Crippen LogP contribution in [-0.2, 0) is 11.3 Å². The fourth-order valence-corrected chi connectivity index (χ4v) is 2.93. The van der Waals surface area contributed by atoms with Gasteiger partial charge in [-0.05, 0) is 18.6 Å². The van der Waals surface area contributed by atoms with E-state index < -0.39 is 0 Å². The van der Waals surface area contributed by atoms with E-state index in [0.717, 1.165) is 23.4 Å². The SMILES string of the molecule is CCCCC(=O)Nc1ccc(NCc2cnc(Cl)s2)cc1OC. The number of amides is 1. The standard InChI is InChI=1S/C16H20ClN3O2S/c1-3-4-5-15(21)20-13-7-6-11(8-14(13)22-2)18-9-12-10-19-16(17)23-12/h6-8,10,18H,3-5,9H2,1-2H3,(H,20,21). The molecule has 0 unspecified atom stereocenters. The lowest BCUT2D eigenvalue weighted by Gasteiger charge is -2.12. The Morgan fingerprint density at radius 1 is 1.43 bits per heavy atom. The number of unbranched alkanes of at least 4 members (excludes halogenated alkanes) is 1. The highest BCUT2D eigenvalue weighted by molar-refractivity contribution is 7.15. The fraction of sp³-hybridized carbons (Fsp3) is 0.375. The molecule has 0 atom stereocenters. The van der Waals surface area contributed by atoms with Crippen molar-refractivity contribution in [2.75, 3.05) is 17.7 Å². The van der Waals surface area contributed by atoms with Gasteiger partial charge < -0.3 is 15.4 Å². The molecular formula is C16H20ClN3O2S. The molecule has 0 spiro atoms. The first-order chi connectivity index (χ1) is 11.1. The molecule has 1 heterocycles. The lowest BCUT2D eigenvalue weighted by Crippen LogP contribution is -2.12. The predicted octanol–water partition coefficient (Wildman–Crippen LogP) is 4.55. The van der Waals surface area contributed by atoms with Crippen molar-refractivity contribution in [3.63, 3.8) is 0 Å². The van der Waals surface area contributed by atoms with Gasteiger partial charge in [0, 0.05) is 29.2 Å². The van der Waals surface area contributed by atoms with Gasteiger partial charge in [-0.2, -0.15) is 0 Å². The van der Waals surface area contributed by atoms with Gasteiger partial charge in [0.1, 0.15) is 5.75 Å².